The Balaban J connectivity index is 2.82. The van der Waals surface area contributed by atoms with Crippen molar-refractivity contribution >= 4 is 27.9 Å². The molecule has 0 spiro atoms. The van der Waals surface area contributed by atoms with E-state index in [0.29, 0.717) is 0 Å². The summed E-state index contributed by atoms with van der Waals surface area (Å²) >= 11 is 3.39. The highest BCUT2D eigenvalue weighted by Crippen LogP contribution is 2.21. The first-order valence-electron chi connectivity index (χ1n) is 6.85. The minimum atomic E-state index is -0.431. The van der Waals surface area contributed by atoms with E-state index in [2.05, 4.69) is 26.6 Å². The summed E-state index contributed by atoms with van der Waals surface area (Å²) in [4.78, 5) is 23.5. The van der Waals surface area contributed by atoms with Crippen molar-refractivity contribution in [1.82, 2.24) is 10.6 Å². The Labute approximate surface area is 133 Å². The van der Waals surface area contributed by atoms with Crippen molar-refractivity contribution in [2.75, 3.05) is 7.11 Å². The highest BCUT2D eigenvalue weighted by atomic mass is 79.9. The van der Waals surface area contributed by atoms with Crippen LogP contribution in [0.3, 0.4) is 0 Å². The first-order valence-corrected chi connectivity index (χ1v) is 7.64. The molecule has 2 atom stereocenters. The molecule has 116 valence electrons. The van der Waals surface area contributed by atoms with E-state index in [1.54, 1.807) is 0 Å². The van der Waals surface area contributed by atoms with E-state index in [1.165, 1.54) is 7.11 Å². The molecule has 0 aliphatic rings. The number of benzene rings is 1. The summed E-state index contributed by atoms with van der Waals surface area (Å²) in [5, 5.41) is 5.64. The zero-order valence-electron chi connectivity index (χ0n) is 12.5. The molecule has 0 saturated heterocycles. The van der Waals surface area contributed by atoms with Crippen LogP contribution >= 0.6 is 15.9 Å². The molecule has 5 nitrogen and oxygen atoms in total. The molecule has 0 radical (unpaired) electrons. The number of rotatable bonds is 6. The summed E-state index contributed by atoms with van der Waals surface area (Å²) in [7, 11) is 1.33. The summed E-state index contributed by atoms with van der Waals surface area (Å²) in [6, 6.07) is 6.83. The van der Waals surface area contributed by atoms with Crippen LogP contribution in [0.5, 0.6) is 0 Å². The van der Waals surface area contributed by atoms with Crippen molar-refractivity contribution in [3.05, 3.63) is 34.3 Å². The van der Waals surface area contributed by atoms with Crippen molar-refractivity contribution in [2.24, 2.45) is 0 Å². The van der Waals surface area contributed by atoms with Gasteiger partial charge in [0.15, 0.2) is 0 Å². The van der Waals surface area contributed by atoms with Crippen molar-refractivity contribution in [1.29, 1.82) is 0 Å². The number of nitrogens with one attached hydrogen (secondary N) is 2. The van der Waals surface area contributed by atoms with Gasteiger partial charge in [-0.25, -0.2) is 4.79 Å². The van der Waals surface area contributed by atoms with E-state index in [4.69, 9.17) is 4.74 Å². The maximum absolute atomic E-state index is 12.0. The van der Waals surface area contributed by atoms with Crippen LogP contribution in [-0.2, 0) is 9.53 Å². The molecule has 21 heavy (non-hydrogen) atoms. The summed E-state index contributed by atoms with van der Waals surface area (Å²) in [6.07, 6.45) is 0.923. The van der Waals surface area contributed by atoms with Crippen molar-refractivity contribution < 1.29 is 14.3 Å². The number of halogens is 1. The fourth-order valence-corrected chi connectivity index (χ4v) is 2.17. The quantitative estimate of drug-likeness (QED) is 0.769. The van der Waals surface area contributed by atoms with Crippen LogP contribution in [0.1, 0.15) is 38.3 Å². The van der Waals surface area contributed by atoms with Crippen LogP contribution in [0.4, 0.5) is 4.79 Å². The number of hydrogen-bond acceptors (Lipinski definition) is 3. The van der Waals surface area contributed by atoms with Crippen LogP contribution in [-0.4, -0.2) is 25.2 Å². The van der Waals surface area contributed by atoms with Gasteiger partial charge in [0.1, 0.15) is 0 Å². The summed E-state index contributed by atoms with van der Waals surface area (Å²) in [5.74, 6) is -0.371. The molecule has 0 fully saturated rings. The normalized spacial score (nSPS) is 13.1. The van der Waals surface area contributed by atoms with Crippen molar-refractivity contribution in [2.45, 2.75) is 38.8 Å². The van der Waals surface area contributed by atoms with E-state index in [0.717, 1.165) is 16.5 Å². The van der Waals surface area contributed by atoms with E-state index in [-0.39, 0.29) is 24.5 Å². The molecule has 0 heterocycles. The molecule has 1 aromatic rings. The van der Waals surface area contributed by atoms with Crippen LogP contribution in [0.2, 0.25) is 0 Å². The van der Waals surface area contributed by atoms with Gasteiger partial charge in [-0.3, -0.25) is 4.79 Å². The van der Waals surface area contributed by atoms with E-state index in [1.807, 2.05) is 38.1 Å². The molecule has 0 aromatic heterocycles. The number of amides is 2. The minimum absolute atomic E-state index is 0.0753. The molecule has 1 rings (SSSR count). The van der Waals surface area contributed by atoms with Crippen LogP contribution in [0, 0.1) is 0 Å². The molecule has 6 heteroatoms. The van der Waals surface area contributed by atoms with Gasteiger partial charge in [-0.05, 0) is 31.0 Å². The zero-order valence-corrected chi connectivity index (χ0v) is 14.1. The number of hydrogen-bond donors (Lipinski definition) is 2. The Kier molecular flexibility index (Phi) is 7.22. The molecule has 0 unspecified atom stereocenters. The second-order valence-corrected chi connectivity index (χ2v) is 5.73. The van der Waals surface area contributed by atoms with Gasteiger partial charge in [0.25, 0.3) is 0 Å². The largest absolute Gasteiger partial charge is 0.469 e. The smallest absolute Gasteiger partial charge is 0.315 e. The van der Waals surface area contributed by atoms with Gasteiger partial charge < -0.3 is 15.4 Å². The number of urea groups is 1. The van der Waals surface area contributed by atoms with Crippen LogP contribution in [0.15, 0.2) is 28.7 Å². The standard InChI is InChI=1S/C15H21BrN2O3/c1-4-10(2)17-15(20)18-13(9-14(19)21-3)11-6-5-7-12(16)8-11/h5-8,10,13H,4,9H2,1-3H3,(H2,17,18,20)/t10-,13+/m0/s1. The zero-order chi connectivity index (χ0) is 15.8. The lowest BCUT2D eigenvalue weighted by molar-refractivity contribution is -0.141. The fraction of sp³-hybridized carbons (Fsp3) is 0.467. The SMILES string of the molecule is CC[C@H](C)NC(=O)N[C@H](CC(=O)OC)c1cccc(Br)c1. The number of esters is 1. The van der Waals surface area contributed by atoms with Gasteiger partial charge in [0.05, 0.1) is 19.6 Å². The summed E-state index contributed by atoms with van der Waals surface area (Å²) in [5.41, 5.74) is 0.842. The summed E-state index contributed by atoms with van der Waals surface area (Å²) < 4.78 is 5.58. The minimum Gasteiger partial charge on any atom is -0.469 e. The Hall–Kier alpha value is -1.56. The third-order valence-electron chi connectivity index (χ3n) is 3.14. The number of methoxy groups -OCH3 is 1. The number of carbonyl (C=O) groups is 2. The molecular formula is C15H21BrN2O3. The van der Waals surface area contributed by atoms with E-state index >= 15 is 0 Å². The van der Waals surface area contributed by atoms with Gasteiger partial charge in [-0.1, -0.05) is 35.0 Å². The molecule has 0 saturated carbocycles. The molecular weight excluding hydrogens is 336 g/mol. The molecule has 1 aromatic carbocycles. The van der Waals surface area contributed by atoms with Crippen molar-refractivity contribution in [3.63, 3.8) is 0 Å². The van der Waals surface area contributed by atoms with Gasteiger partial charge in [-0.15, -0.1) is 0 Å². The first-order chi connectivity index (χ1) is 9.96. The predicted molar refractivity (Wildman–Crippen MR) is 84.9 cm³/mol. The van der Waals surface area contributed by atoms with E-state index in [9.17, 15) is 9.59 Å². The maximum atomic E-state index is 12.0. The van der Waals surface area contributed by atoms with Crippen LogP contribution < -0.4 is 10.6 Å². The lowest BCUT2D eigenvalue weighted by Crippen LogP contribution is -2.42. The number of ether oxygens (including phenoxy) is 1. The fourth-order valence-electron chi connectivity index (χ4n) is 1.75. The second-order valence-electron chi connectivity index (χ2n) is 4.81. The Morgan fingerprint density at radius 2 is 2.05 bits per heavy atom. The van der Waals surface area contributed by atoms with Gasteiger partial charge in [0, 0.05) is 10.5 Å². The van der Waals surface area contributed by atoms with Gasteiger partial charge in [-0.2, -0.15) is 0 Å². The Morgan fingerprint density at radius 1 is 1.33 bits per heavy atom. The molecule has 0 aliphatic carbocycles. The van der Waals surface area contributed by atoms with Gasteiger partial charge in [0.2, 0.25) is 0 Å². The third-order valence-corrected chi connectivity index (χ3v) is 3.64. The van der Waals surface area contributed by atoms with Crippen LogP contribution in [0.25, 0.3) is 0 Å². The third kappa shape index (κ3) is 6.16. The number of carbonyl (C=O) groups excluding carboxylic acids is 2. The topological polar surface area (TPSA) is 67.4 Å². The average Bonchev–Trinajstić information content (AvgIpc) is 2.46. The monoisotopic (exact) mass is 356 g/mol. The second kappa shape index (κ2) is 8.67. The van der Waals surface area contributed by atoms with Gasteiger partial charge >= 0.3 is 12.0 Å². The maximum Gasteiger partial charge on any atom is 0.315 e. The molecule has 0 aliphatic heterocycles. The van der Waals surface area contributed by atoms with E-state index < -0.39 is 6.04 Å². The predicted octanol–water partition coefficient (Wildman–Crippen LogP) is 3.15. The molecule has 2 amide bonds. The molecule has 2 N–H and O–H groups in total. The average molecular weight is 357 g/mol. The highest BCUT2D eigenvalue weighted by molar-refractivity contribution is 9.10. The Morgan fingerprint density at radius 3 is 2.62 bits per heavy atom. The molecule has 0 bridgehead atoms. The summed E-state index contributed by atoms with van der Waals surface area (Å²) in [6.45, 7) is 3.92. The lowest BCUT2D eigenvalue weighted by atomic mass is 10.0. The first kappa shape index (κ1) is 17.5. The highest BCUT2D eigenvalue weighted by Gasteiger charge is 2.19. The Bertz CT molecular complexity index is 494. The lowest BCUT2D eigenvalue weighted by Gasteiger charge is -2.20. The van der Waals surface area contributed by atoms with Crippen molar-refractivity contribution in [3.8, 4) is 0 Å².